The van der Waals surface area contributed by atoms with Crippen LogP contribution in [0.15, 0.2) is 12.2 Å². The van der Waals surface area contributed by atoms with Gasteiger partial charge in [0.1, 0.15) is 0 Å². The van der Waals surface area contributed by atoms with Gasteiger partial charge in [-0.15, -0.1) is 0 Å². The average molecular weight is 737 g/mol. The van der Waals surface area contributed by atoms with E-state index in [0.29, 0.717) is 25.0 Å². The number of carbonyl (C=O) groups excluding carboxylic acids is 2. The molecule has 0 radical (unpaired) electrons. The summed E-state index contributed by atoms with van der Waals surface area (Å²) in [5.41, 5.74) is 0. The van der Waals surface area contributed by atoms with E-state index in [1.165, 1.54) is 134 Å². The molecule has 0 heterocycles. The second-order valence-corrected chi connectivity index (χ2v) is 17.0. The monoisotopic (exact) mass is 737 g/mol. The van der Waals surface area contributed by atoms with E-state index >= 15 is 0 Å². The Kier molecular flexibility index (Phi) is 36.6. The van der Waals surface area contributed by atoms with Crippen molar-refractivity contribution in [3.05, 3.63) is 12.2 Å². The fourth-order valence-corrected chi connectivity index (χ4v) is 7.67. The van der Waals surface area contributed by atoms with Crippen LogP contribution in [0.25, 0.3) is 0 Å². The lowest BCUT2D eigenvalue weighted by Gasteiger charge is -2.24. The first-order chi connectivity index (χ1) is 24.7. The van der Waals surface area contributed by atoms with Crippen LogP contribution in [0.1, 0.15) is 208 Å². The Balaban J connectivity index is 4.32. The summed E-state index contributed by atoms with van der Waals surface area (Å²) in [6.45, 7) is 13.7. The van der Waals surface area contributed by atoms with Gasteiger partial charge in [-0.3, -0.25) is 9.59 Å². The Bertz CT molecular complexity index is 804. The number of ether oxygens (including phenoxy) is 1. The van der Waals surface area contributed by atoms with E-state index in [1.54, 1.807) is 0 Å². The molecule has 0 fully saturated rings. The molecule has 0 aromatic rings. The fourth-order valence-electron chi connectivity index (χ4n) is 6.62. The van der Waals surface area contributed by atoms with Crippen molar-refractivity contribution in [2.45, 2.75) is 214 Å². The van der Waals surface area contributed by atoms with Crippen LogP contribution in [-0.4, -0.2) is 66.6 Å². The maximum Gasteiger partial charge on any atom is 0.305 e. The fraction of sp³-hybridized carbons (Fsp3) is 0.911. The molecule has 0 bridgehead atoms. The van der Waals surface area contributed by atoms with Gasteiger partial charge >= 0.3 is 5.97 Å². The zero-order chi connectivity index (χ0) is 37.8. The van der Waals surface area contributed by atoms with Crippen LogP contribution in [-0.2, 0) is 9.53 Å². The number of esters is 1. The second-order valence-electron chi connectivity index (χ2n) is 16.0. The first kappa shape index (κ1) is 50.0. The van der Waals surface area contributed by atoms with Gasteiger partial charge in [-0.05, 0) is 77.8 Å². The number of unbranched alkanes of at least 4 members (excludes halogenated alkanes) is 16. The van der Waals surface area contributed by atoms with Crippen molar-refractivity contribution in [3.8, 4) is 0 Å². The highest BCUT2D eigenvalue weighted by Crippen LogP contribution is 2.22. The lowest BCUT2D eigenvalue weighted by molar-refractivity contribution is -0.144. The van der Waals surface area contributed by atoms with E-state index in [9.17, 15) is 9.59 Å². The molecule has 6 heteroatoms. The number of hydrogen-bond donors (Lipinski definition) is 0. The molecule has 0 saturated carbocycles. The summed E-state index contributed by atoms with van der Waals surface area (Å²) in [7, 11) is 4.16. The Labute approximate surface area is 323 Å². The number of hydrogen-bond acceptors (Lipinski definition) is 5. The molecule has 0 rings (SSSR count). The summed E-state index contributed by atoms with van der Waals surface area (Å²) < 4.78 is 5.66. The molecule has 3 unspecified atom stereocenters. The quantitative estimate of drug-likeness (QED) is 0.0361. The van der Waals surface area contributed by atoms with Gasteiger partial charge in [0, 0.05) is 31.3 Å². The van der Waals surface area contributed by atoms with Crippen LogP contribution in [0.3, 0.4) is 0 Å². The van der Waals surface area contributed by atoms with Crippen LogP contribution in [0, 0.1) is 11.8 Å². The molecule has 0 N–H and O–H groups in total. The van der Waals surface area contributed by atoms with Gasteiger partial charge in [-0.1, -0.05) is 174 Å². The molecule has 51 heavy (non-hydrogen) atoms. The summed E-state index contributed by atoms with van der Waals surface area (Å²) in [4.78, 5) is 29.9. The smallest absolute Gasteiger partial charge is 0.305 e. The normalized spacial score (nSPS) is 13.6. The molecular weight excluding hydrogens is 649 g/mol. The number of rotatable bonds is 37. The Hall–Kier alpha value is -1.01. The van der Waals surface area contributed by atoms with Gasteiger partial charge in [0.25, 0.3) is 5.24 Å². The third-order valence-electron chi connectivity index (χ3n) is 10.7. The molecular formula is C45H88N2O3S. The summed E-state index contributed by atoms with van der Waals surface area (Å²) in [6.07, 6.45) is 37.3. The van der Waals surface area contributed by atoms with Crippen molar-refractivity contribution < 1.29 is 14.3 Å². The van der Waals surface area contributed by atoms with Gasteiger partial charge in [-0.25, -0.2) is 0 Å². The molecule has 0 aromatic carbocycles. The van der Waals surface area contributed by atoms with Crippen molar-refractivity contribution in [1.29, 1.82) is 0 Å². The third-order valence-corrected chi connectivity index (χ3v) is 11.8. The van der Waals surface area contributed by atoms with E-state index < -0.39 is 0 Å². The number of nitrogens with zero attached hydrogens (tertiary/aromatic N) is 2. The molecule has 0 spiro atoms. The van der Waals surface area contributed by atoms with Crippen molar-refractivity contribution in [2.75, 3.05) is 39.5 Å². The minimum absolute atomic E-state index is 0.0205. The van der Waals surface area contributed by atoms with Gasteiger partial charge < -0.3 is 14.5 Å². The molecule has 0 aromatic heterocycles. The van der Waals surface area contributed by atoms with Crippen LogP contribution < -0.4 is 0 Å². The predicted octanol–water partition coefficient (Wildman–Crippen LogP) is 14.0. The molecule has 0 saturated heterocycles. The van der Waals surface area contributed by atoms with E-state index in [-0.39, 0.29) is 11.2 Å². The van der Waals surface area contributed by atoms with Crippen LogP contribution in [0.2, 0.25) is 0 Å². The Morgan fingerprint density at radius 1 is 0.627 bits per heavy atom. The number of carbonyl (C=O) groups is 2. The molecule has 0 aliphatic rings. The zero-order valence-electron chi connectivity index (χ0n) is 35.3. The molecule has 3 atom stereocenters. The summed E-state index contributed by atoms with van der Waals surface area (Å²) in [5, 5.41) is 0.242. The zero-order valence-corrected chi connectivity index (χ0v) is 36.2. The summed E-state index contributed by atoms with van der Waals surface area (Å²) in [5.74, 6) is 2.33. The van der Waals surface area contributed by atoms with E-state index in [1.807, 2.05) is 0 Å². The number of amides is 1. The largest absolute Gasteiger partial charge is 0.466 e. The highest BCUT2D eigenvalue weighted by molar-refractivity contribution is 8.13. The van der Waals surface area contributed by atoms with E-state index in [4.69, 9.17) is 4.74 Å². The molecule has 0 aliphatic carbocycles. The SMILES string of the molecule is CCCCCCC(C)C/C=C/CCCCCCN(CCCCCCCC(=O)OCCC(CCCCC)CCCCCC)C(=O)SCC(C)N(C)C. The maximum atomic E-state index is 13.2. The number of thioether (sulfide) groups is 1. The minimum atomic E-state index is -0.0205. The topological polar surface area (TPSA) is 49.9 Å². The first-order valence-electron chi connectivity index (χ1n) is 22.1. The second kappa shape index (κ2) is 37.3. The van der Waals surface area contributed by atoms with Crippen molar-refractivity contribution in [1.82, 2.24) is 9.80 Å². The predicted molar refractivity (Wildman–Crippen MR) is 227 cm³/mol. The van der Waals surface area contributed by atoms with E-state index in [0.717, 1.165) is 69.7 Å². The lowest BCUT2D eigenvalue weighted by atomic mass is 9.92. The van der Waals surface area contributed by atoms with E-state index in [2.05, 4.69) is 70.7 Å². The highest BCUT2D eigenvalue weighted by Gasteiger charge is 2.16. The number of allylic oxidation sites excluding steroid dienone is 2. The first-order valence-corrected chi connectivity index (χ1v) is 23.1. The lowest BCUT2D eigenvalue weighted by Crippen LogP contribution is -2.32. The summed E-state index contributed by atoms with van der Waals surface area (Å²) in [6, 6.07) is 0.382. The van der Waals surface area contributed by atoms with Gasteiger partial charge in [-0.2, -0.15) is 0 Å². The van der Waals surface area contributed by atoms with Gasteiger partial charge in [0.2, 0.25) is 0 Å². The van der Waals surface area contributed by atoms with Crippen LogP contribution in [0.5, 0.6) is 0 Å². The van der Waals surface area contributed by atoms with Crippen LogP contribution in [0.4, 0.5) is 4.79 Å². The van der Waals surface area contributed by atoms with Gasteiger partial charge in [0.05, 0.1) is 6.61 Å². The highest BCUT2D eigenvalue weighted by atomic mass is 32.2. The Morgan fingerprint density at radius 2 is 1.16 bits per heavy atom. The third kappa shape index (κ3) is 33.3. The molecule has 1 amide bonds. The molecule has 5 nitrogen and oxygen atoms in total. The Morgan fingerprint density at radius 3 is 1.78 bits per heavy atom. The van der Waals surface area contributed by atoms with Crippen LogP contribution >= 0.6 is 11.8 Å². The average Bonchev–Trinajstić information content (AvgIpc) is 3.11. The van der Waals surface area contributed by atoms with Gasteiger partial charge in [0.15, 0.2) is 0 Å². The molecule has 302 valence electrons. The minimum Gasteiger partial charge on any atom is -0.466 e. The summed E-state index contributed by atoms with van der Waals surface area (Å²) >= 11 is 1.49. The van der Waals surface area contributed by atoms with Crippen molar-refractivity contribution >= 4 is 23.0 Å². The van der Waals surface area contributed by atoms with Crippen molar-refractivity contribution in [2.24, 2.45) is 11.8 Å². The standard InChI is InChI=1S/C45H88N2O3S/c1-8-11-14-25-31-41(4)32-26-20-17-16-18-22-29-37-47(45(49)51-40-42(5)46(6)7)38-30-23-19-21-28-35-44(48)50-39-36-43(33-24-13-10-3)34-27-15-12-9-2/h20,26,41-43H,8-19,21-25,27-40H2,1-7H3/b26-20+. The molecule has 0 aliphatic heterocycles. The maximum absolute atomic E-state index is 13.2. The van der Waals surface area contributed by atoms with Crippen molar-refractivity contribution in [3.63, 3.8) is 0 Å².